The number of nitrogens with zero attached hydrogens (tertiary/aromatic N) is 2. The summed E-state index contributed by atoms with van der Waals surface area (Å²) in [6.45, 7) is 4.99. The summed E-state index contributed by atoms with van der Waals surface area (Å²) >= 11 is 0. The molecule has 19 heavy (non-hydrogen) atoms. The molecule has 1 aromatic heterocycles. The first-order valence-electron chi connectivity index (χ1n) is 6.76. The van der Waals surface area contributed by atoms with E-state index in [1.807, 2.05) is 36.0 Å². The van der Waals surface area contributed by atoms with E-state index in [-0.39, 0.29) is 6.04 Å². The van der Waals surface area contributed by atoms with Crippen LogP contribution in [0.15, 0.2) is 36.7 Å². The van der Waals surface area contributed by atoms with Crippen molar-refractivity contribution < 1.29 is 4.74 Å². The number of hydrogen-bond donors (Lipinski definition) is 1. The Labute approximate surface area is 114 Å². The van der Waals surface area contributed by atoms with Gasteiger partial charge in [0.25, 0.3) is 0 Å². The average Bonchev–Trinajstić information content (AvgIpc) is 2.86. The molecule has 2 rings (SSSR count). The maximum atomic E-state index is 5.97. The highest BCUT2D eigenvalue weighted by molar-refractivity contribution is 5.32. The molecule has 0 spiro atoms. The molecular weight excluding hydrogens is 238 g/mol. The fourth-order valence-electron chi connectivity index (χ4n) is 1.89. The van der Waals surface area contributed by atoms with E-state index in [1.165, 1.54) is 5.56 Å². The van der Waals surface area contributed by atoms with Crippen molar-refractivity contribution in [2.24, 2.45) is 5.73 Å². The lowest BCUT2D eigenvalue weighted by Gasteiger charge is -2.10. The Kier molecular flexibility index (Phi) is 4.58. The SMILES string of the molecule is CCC(N)Cc1cccc(Oc2cnn(CC)c2)c1. The molecule has 1 heterocycles. The van der Waals surface area contributed by atoms with Gasteiger partial charge in [0, 0.05) is 12.6 Å². The van der Waals surface area contributed by atoms with Gasteiger partial charge in [0.05, 0.1) is 12.4 Å². The van der Waals surface area contributed by atoms with Crippen LogP contribution >= 0.6 is 0 Å². The van der Waals surface area contributed by atoms with E-state index in [2.05, 4.69) is 18.1 Å². The van der Waals surface area contributed by atoms with Gasteiger partial charge in [0.2, 0.25) is 0 Å². The van der Waals surface area contributed by atoms with Gasteiger partial charge in [-0.1, -0.05) is 19.1 Å². The zero-order chi connectivity index (χ0) is 13.7. The molecule has 0 aliphatic heterocycles. The fourth-order valence-corrected chi connectivity index (χ4v) is 1.89. The van der Waals surface area contributed by atoms with Crippen molar-refractivity contribution in [3.63, 3.8) is 0 Å². The van der Waals surface area contributed by atoms with E-state index in [4.69, 9.17) is 10.5 Å². The molecule has 4 nitrogen and oxygen atoms in total. The van der Waals surface area contributed by atoms with Crippen LogP contribution in [-0.4, -0.2) is 15.8 Å². The van der Waals surface area contributed by atoms with Crippen molar-refractivity contribution in [3.05, 3.63) is 42.2 Å². The van der Waals surface area contributed by atoms with Crippen molar-refractivity contribution in [1.82, 2.24) is 9.78 Å². The molecule has 1 unspecified atom stereocenters. The summed E-state index contributed by atoms with van der Waals surface area (Å²) in [6.07, 6.45) is 5.48. The molecule has 0 aliphatic carbocycles. The monoisotopic (exact) mass is 259 g/mol. The second-order valence-corrected chi connectivity index (χ2v) is 4.65. The van der Waals surface area contributed by atoms with Gasteiger partial charge in [0.1, 0.15) is 5.75 Å². The van der Waals surface area contributed by atoms with Gasteiger partial charge in [0.15, 0.2) is 5.75 Å². The van der Waals surface area contributed by atoms with Gasteiger partial charge in [-0.25, -0.2) is 0 Å². The van der Waals surface area contributed by atoms with Gasteiger partial charge >= 0.3 is 0 Å². The summed E-state index contributed by atoms with van der Waals surface area (Å²) in [5.74, 6) is 1.59. The minimum atomic E-state index is 0.207. The van der Waals surface area contributed by atoms with Crippen LogP contribution in [0, 0.1) is 0 Å². The first-order valence-corrected chi connectivity index (χ1v) is 6.76. The molecule has 4 heteroatoms. The Morgan fingerprint density at radius 2 is 2.16 bits per heavy atom. The lowest BCUT2D eigenvalue weighted by molar-refractivity contribution is 0.480. The van der Waals surface area contributed by atoms with Crippen molar-refractivity contribution >= 4 is 0 Å². The second kappa shape index (κ2) is 6.38. The second-order valence-electron chi connectivity index (χ2n) is 4.65. The molecule has 0 saturated heterocycles. The number of hydrogen-bond acceptors (Lipinski definition) is 3. The Hall–Kier alpha value is -1.81. The van der Waals surface area contributed by atoms with E-state index < -0.39 is 0 Å². The van der Waals surface area contributed by atoms with Crippen molar-refractivity contribution in [2.45, 2.75) is 39.3 Å². The van der Waals surface area contributed by atoms with Crippen LogP contribution in [0.3, 0.4) is 0 Å². The molecule has 1 aromatic carbocycles. The minimum absolute atomic E-state index is 0.207. The minimum Gasteiger partial charge on any atom is -0.454 e. The summed E-state index contributed by atoms with van der Waals surface area (Å²) in [5, 5.41) is 4.19. The van der Waals surface area contributed by atoms with Gasteiger partial charge in [-0.3, -0.25) is 4.68 Å². The molecule has 0 radical (unpaired) electrons. The van der Waals surface area contributed by atoms with Gasteiger partial charge in [-0.2, -0.15) is 5.10 Å². The number of aromatic nitrogens is 2. The maximum Gasteiger partial charge on any atom is 0.165 e. The van der Waals surface area contributed by atoms with Crippen LogP contribution in [0.25, 0.3) is 0 Å². The molecule has 2 aromatic rings. The predicted molar refractivity (Wildman–Crippen MR) is 76.4 cm³/mol. The number of rotatable bonds is 6. The topological polar surface area (TPSA) is 53.1 Å². The first kappa shape index (κ1) is 13.6. The highest BCUT2D eigenvalue weighted by Gasteiger charge is 2.04. The molecule has 1 atom stereocenters. The molecule has 0 fully saturated rings. The number of aryl methyl sites for hydroxylation is 1. The third kappa shape index (κ3) is 3.83. The van der Waals surface area contributed by atoms with Crippen LogP contribution in [0.1, 0.15) is 25.8 Å². The van der Waals surface area contributed by atoms with Crippen molar-refractivity contribution in [3.8, 4) is 11.5 Å². The molecular formula is C15H21N3O. The Morgan fingerprint density at radius 3 is 2.84 bits per heavy atom. The fraction of sp³-hybridized carbons (Fsp3) is 0.400. The summed E-state index contributed by atoms with van der Waals surface area (Å²) < 4.78 is 7.63. The first-order chi connectivity index (χ1) is 9.21. The summed E-state index contributed by atoms with van der Waals surface area (Å²) in [7, 11) is 0. The van der Waals surface area contributed by atoms with Crippen molar-refractivity contribution in [1.29, 1.82) is 0 Å². The number of ether oxygens (including phenoxy) is 1. The molecule has 0 aliphatic rings. The Bertz CT molecular complexity index is 522. The van der Waals surface area contributed by atoms with Crippen LogP contribution in [0.4, 0.5) is 0 Å². The molecule has 0 bridgehead atoms. The van der Waals surface area contributed by atoms with E-state index in [9.17, 15) is 0 Å². The normalized spacial score (nSPS) is 12.4. The zero-order valence-electron chi connectivity index (χ0n) is 11.5. The predicted octanol–water partition coefficient (Wildman–Crippen LogP) is 2.98. The molecule has 2 N–H and O–H groups in total. The van der Waals surface area contributed by atoms with E-state index in [0.29, 0.717) is 0 Å². The van der Waals surface area contributed by atoms with Crippen LogP contribution in [-0.2, 0) is 13.0 Å². The van der Waals surface area contributed by atoms with Crippen LogP contribution < -0.4 is 10.5 Å². The van der Waals surface area contributed by atoms with Crippen LogP contribution in [0.5, 0.6) is 11.5 Å². The van der Waals surface area contributed by atoms with Crippen molar-refractivity contribution in [2.75, 3.05) is 0 Å². The summed E-state index contributed by atoms with van der Waals surface area (Å²) in [5.41, 5.74) is 7.18. The number of benzene rings is 1. The standard InChI is InChI=1S/C15H21N3O/c1-3-13(16)8-12-6-5-7-14(9-12)19-15-10-17-18(4-2)11-15/h5-7,9-11,13H,3-4,8,16H2,1-2H3. The third-order valence-corrected chi connectivity index (χ3v) is 3.09. The lowest BCUT2D eigenvalue weighted by Crippen LogP contribution is -2.21. The van der Waals surface area contributed by atoms with Gasteiger partial charge in [-0.15, -0.1) is 0 Å². The summed E-state index contributed by atoms with van der Waals surface area (Å²) in [4.78, 5) is 0. The maximum absolute atomic E-state index is 5.97. The lowest BCUT2D eigenvalue weighted by atomic mass is 10.0. The molecule has 102 valence electrons. The van der Waals surface area contributed by atoms with E-state index in [0.717, 1.165) is 30.9 Å². The number of nitrogens with two attached hydrogens (primary N) is 1. The average molecular weight is 259 g/mol. The van der Waals surface area contributed by atoms with Gasteiger partial charge in [-0.05, 0) is 37.5 Å². The Balaban J connectivity index is 2.06. The zero-order valence-corrected chi connectivity index (χ0v) is 11.5. The highest BCUT2D eigenvalue weighted by Crippen LogP contribution is 2.22. The summed E-state index contributed by atoms with van der Waals surface area (Å²) in [6, 6.07) is 8.27. The van der Waals surface area contributed by atoms with E-state index >= 15 is 0 Å². The van der Waals surface area contributed by atoms with Crippen LogP contribution in [0.2, 0.25) is 0 Å². The third-order valence-electron chi connectivity index (χ3n) is 3.09. The Morgan fingerprint density at radius 1 is 1.32 bits per heavy atom. The van der Waals surface area contributed by atoms with E-state index in [1.54, 1.807) is 6.20 Å². The highest BCUT2D eigenvalue weighted by atomic mass is 16.5. The quantitative estimate of drug-likeness (QED) is 0.867. The molecule has 0 saturated carbocycles. The smallest absolute Gasteiger partial charge is 0.165 e. The largest absolute Gasteiger partial charge is 0.454 e. The molecule has 0 amide bonds. The van der Waals surface area contributed by atoms with Gasteiger partial charge < -0.3 is 10.5 Å².